The van der Waals surface area contributed by atoms with E-state index in [0.29, 0.717) is 35.1 Å². The number of aldehydes is 1. The van der Waals surface area contributed by atoms with Crippen LogP contribution in [0.2, 0.25) is 0 Å². The number of nitrogens with zero attached hydrogens (tertiary/aromatic N) is 2. The van der Waals surface area contributed by atoms with Gasteiger partial charge < -0.3 is 25.1 Å². The zero-order valence-corrected chi connectivity index (χ0v) is 22.3. The van der Waals surface area contributed by atoms with Gasteiger partial charge in [-0.3, -0.25) is 19.3 Å². The number of hydrogen-bond donors (Lipinski definition) is 3. The number of hydrogen-bond acceptors (Lipinski definition) is 8. The predicted octanol–water partition coefficient (Wildman–Crippen LogP) is 0.790. The lowest BCUT2D eigenvalue weighted by Gasteiger charge is -2.14. The molecule has 1 heterocycles. The highest BCUT2D eigenvalue weighted by Gasteiger charge is 2.17. The van der Waals surface area contributed by atoms with Gasteiger partial charge in [0, 0.05) is 12.7 Å². The smallest absolute Gasteiger partial charge is 0.337 e. The molecule has 1 atom stereocenters. The normalized spacial score (nSPS) is 12.4. The van der Waals surface area contributed by atoms with E-state index in [1.54, 1.807) is 0 Å². The number of esters is 1. The summed E-state index contributed by atoms with van der Waals surface area (Å²) in [5.74, 6) is -1.70. The van der Waals surface area contributed by atoms with Crippen molar-refractivity contribution < 1.29 is 27.5 Å². The zero-order valence-electron chi connectivity index (χ0n) is 19.3. The minimum absolute atomic E-state index is 0.189. The lowest BCUT2D eigenvalue weighted by Crippen LogP contribution is -2.40. The van der Waals surface area contributed by atoms with Gasteiger partial charge >= 0.3 is 5.97 Å². The molecule has 2 aromatic rings. The van der Waals surface area contributed by atoms with Crippen LogP contribution < -0.4 is 21.3 Å². The van der Waals surface area contributed by atoms with Crippen molar-refractivity contribution in [3.8, 4) is 0 Å². The molecule has 4 N–H and O–H groups in total. The van der Waals surface area contributed by atoms with Crippen molar-refractivity contribution in [1.29, 1.82) is 0 Å². The standard InChI is InChI=1S/C22H26IN5O7S/c1-35-21(32)16-6-2-5-15(11-16)14-36(33,34)27-18-8-4-10-28(20(18)31)12-19(30)26-17(13-29)7-3-9-25-22(23)24/h2,4-6,8,10-11,13,17,27H,3,7,9,12,14H2,1H3,(H2,24,25)(H,26,30). The molecule has 0 saturated carbocycles. The van der Waals surface area contributed by atoms with Gasteiger partial charge in [-0.05, 0) is 65.3 Å². The van der Waals surface area contributed by atoms with Crippen LogP contribution in [0, 0.1) is 0 Å². The number of sulfonamides is 1. The fourth-order valence-corrected chi connectivity index (χ4v) is 4.57. The van der Waals surface area contributed by atoms with E-state index in [-0.39, 0.29) is 11.3 Å². The van der Waals surface area contributed by atoms with E-state index >= 15 is 0 Å². The van der Waals surface area contributed by atoms with Crippen LogP contribution in [0.3, 0.4) is 0 Å². The number of rotatable bonds is 13. The maximum Gasteiger partial charge on any atom is 0.337 e. The number of carbonyl (C=O) groups is 3. The van der Waals surface area contributed by atoms with E-state index in [1.165, 1.54) is 49.7 Å². The largest absolute Gasteiger partial charge is 0.465 e. The summed E-state index contributed by atoms with van der Waals surface area (Å²) in [7, 11) is -2.81. The van der Waals surface area contributed by atoms with Gasteiger partial charge in [-0.2, -0.15) is 0 Å². The number of anilines is 1. The molecule has 1 aromatic heterocycles. The third-order valence-corrected chi connectivity index (χ3v) is 6.34. The van der Waals surface area contributed by atoms with Crippen LogP contribution in [0.25, 0.3) is 0 Å². The van der Waals surface area contributed by atoms with E-state index in [0.717, 1.165) is 4.57 Å². The van der Waals surface area contributed by atoms with Crippen LogP contribution in [0.5, 0.6) is 0 Å². The number of amides is 1. The van der Waals surface area contributed by atoms with Crippen molar-refractivity contribution in [1.82, 2.24) is 9.88 Å². The molecule has 36 heavy (non-hydrogen) atoms. The fraction of sp³-hybridized carbons (Fsp3) is 0.318. The number of ether oxygens (including phenoxy) is 1. The summed E-state index contributed by atoms with van der Waals surface area (Å²) in [6.45, 7) is -0.0115. The first-order valence-electron chi connectivity index (χ1n) is 10.6. The summed E-state index contributed by atoms with van der Waals surface area (Å²) in [5.41, 5.74) is 4.94. The average molecular weight is 631 g/mol. The van der Waals surface area contributed by atoms with Gasteiger partial charge in [0.25, 0.3) is 5.56 Å². The molecular formula is C22H26IN5O7S. The Balaban J connectivity index is 2.05. The van der Waals surface area contributed by atoms with Gasteiger partial charge in [-0.25, -0.2) is 13.2 Å². The number of halogens is 1. The first kappa shape index (κ1) is 29.0. The number of carbonyl (C=O) groups excluding carboxylic acids is 3. The van der Waals surface area contributed by atoms with Gasteiger partial charge in [-0.15, -0.1) is 0 Å². The van der Waals surface area contributed by atoms with Crippen LogP contribution in [-0.4, -0.2) is 54.7 Å². The molecule has 1 aromatic carbocycles. The Hall–Kier alpha value is -3.27. The number of methoxy groups -OCH3 is 1. The van der Waals surface area contributed by atoms with Gasteiger partial charge in [0.15, 0.2) is 3.84 Å². The molecule has 12 nitrogen and oxygen atoms in total. The van der Waals surface area contributed by atoms with E-state index in [9.17, 15) is 27.6 Å². The van der Waals surface area contributed by atoms with Crippen molar-refractivity contribution in [2.24, 2.45) is 10.7 Å². The van der Waals surface area contributed by atoms with Crippen LogP contribution in [0.15, 0.2) is 52.4 Å². The molecule has 0 radical (unpaired) electrons. The zero-order chi connectivity index (χ0) is 26.7. The summed E-state index contributed by atoms with van der Waals surface area (Å²) < 4.78 is 33.6. The maximum absolute atomic E-state index is 12.7. The Morgan fingerprint density at radius 1 is 1.28 bits per heavy atom. The van der Waals surface area contributed by atoms with E-state index in [2.05, 4.69) is 19.8 Å². The Bertz CT molecular complexity index is 1290. The minimum atomic E-state index is -4.03. The van der Waals surface area contributed by atoms with E-state index < -0.39 is 45.8 Å². The lowest BCUT2D eigenvalue weighted by molar-refractivity contribution is -0.124. The lowest BCUT2D eigenvalue weighted by atomic mass is 10.1. The molecule has 0 fully saturated rings. The van der Waals surface area contributed by atoms with E-state index in [1.807, 2.05) is 22.6 Å². The number of benzene rings is 1. The van der Waals surface area contributed by atoms with E-state index in [4.69, 9.17) is 5.73 Å². The summed E-state index contributed by atoms with van der Waals surface area (Å²) in [5, 5.41) is 2.53. The molecule has 0 aliphatic rings. The Kier molecular flexibility index (Phi) is 11.0. The van der Waals surface area contributed by atoms with Crippen molar-refractivity contribution in [2.75, 3.05) is 18.4 Å². The van der Waals surface area contributed by atoms with Crippen LogP contribution in [0.1, 0.15) is 28.8 Å². The number of nitrogens with one attached hydrogen (secondary N) is 2. The maximum atomic E-state index is 12.7. The third-order valence-electron chi connectivity index (χ3n) is 4.75. The van der Waals surface area contributed by atoms with Gasteiger partial charge in [0.2, 0.25) is 15.9 Å². The predicted molar refractivity (Wildman–Crippen MR) is 142 cm³/mol. The Morgan fingerprint density at radius 3 is 2.69 bits per heavy atom. The SMILES string of the molecule is COC(=O)c1cccc(CS(=O)(=O)Nc2cccn(CC(=O)NC(C=O)CCCN=C(N)I)c2=O)c1. The number of pyridine rings is 1. The van der Waals surface area contributed by atoms with Crippen LogP contribution >= 0.6 is 22.6 Å². The fourth-order valence-electron chi connectivity index (χ4n) is 3.15. The van der Waals surface area contributed by atoms with Crippen molar-refractivity contribution in [2.45, 2.75) is 31.2 Å². The highest BCUT2D eigenvalue weighted by Crippen LogP contribution is 2.12. The quantitative estimate of drug-likeness (QED) is 0.0552. The molecule has 0 aliphatic carbocycles. The Labute approximate surface area is 221 Å². The molecule has 1 amide bonds. The van der Waals surface area contributed by atoms with Crippen molar-refractivity contribution in [3.63, 3.8) is 0 Å². The second-order valence-electron chi connectivity index (χ2n) is 7.56. The topological polar surface area (TPSA) is 179 Å². The molecule has 14 heteroatoms. The summed E-state index contributed by atoms with van der Waals surface area (Å²) in [4.78, 5) is 52.1. The van der Waals surface area contributed by atoms with Gasteiger partial charge in [0.1, 0.15) is 18.5 Å². The molecule has 0 aliphatic heterocycles. The molecule has 0 bridgehead atoms. The molecule has 2 rings (SSSR count). The summed E-state index contributed by atoms with van der Waals surface area (Å²) in [6, 6.07) is 7.82. The van der Waals surface area contributed by atoms with Gasteiger partial charge in [0.05, 0.1) is 24.5 Å². The summed E-state index contributed by atoms with van der Waals surface area (Å²) >= 11 is 1.86. The van der Waals surface area contributed by atoms with Crippen molar-refractivity contribution in [3.05, 3.63) is 64.1 Å². The highest BCUT2D eigenvalue weighted by molar-refractivity contribution is 14.1. The molecule has 1 unspecified atom stereocenters. The van der Waals surface area contributed by atoms with Crippen LogP contribution in [0.4, 0.5) is 5.69 Å². The molecular weight excluding hydrogens is 605 g/mol. The number of aliphatic imine (C=N–C) groups is 1. The number of nitrogens with two attached hydrogens (primary N) is 1. The van der Waals surface area contributed by atoms with Crippen molar-refractivity contribution >= 4 is 60.3 Å². The third kappa shape index (κ3) is 9.41. The number of aromatic nitrogens is 1. The Morgan fingerprint density at radius 2 is 2.03 bits per heavy atom. The first-order valence-corrected chi connectivity index (χ1v) is 13.3. The first-order chi connectivity index (χ1) is 17.0. The highest BCUT2D eigenvalue weighted by atomic mass is 127. The summed E-state index contributed by atoms with van der Waals surface area (Å²) in [6.07, 6.45) is 2.78. The minimum Gasteiger partial charge on any atom is -0.465 e. The van der Waals surface area contributed by atoms with Crippen LogP contribution in [-0.2, 0) is 36.6 Å². The second kappa shape index (κ2) is 13.7. The monoisotopic (exact) mass is 631 g/mol. The second-order valence-corrected chi connectivity index (χ2v) is 10.4. The molecule has 0 saturated heterocycles. The van der Waals surface area contributed by atoms with Gasteiger partial charge in [-0.1, -0.05) is 12.1 Å². The average Bonchev–Trinajstić information content (AvgIpc) is 2.82. The molecule has 194 valence electrons. The molecule has 0 spiro atoms. The number of amidine groups is 1.